The Morgan fingerprint density at radius 2 is 1.81 bits per heavy atom. The number of nitrogens with one attached hydrogen (secondary N) is 2. The summed E-state index contributed by atoms with van der Waals surface area (Å²) in [5, 5.41) is 11.7. The summed E-state index contributed by atoms with van der Waals surface area (Å²) in [6.07, 6.45) is 1.09. The molecule has 32 heavy (non-hydrogen) atoms. The summed E-state index contributed by atoms with van der Waals surface area (Å²) in [5.41, 5.74) is 2.04. The molecule has 0 radical (unpaired) electrons. The summed E-state index contributed by atoms with van der Waals surface area (Å²) in [5.74, 6) is -0.909. The number of hydrogen-bond donors (Lipinski definition) is 3. The lowest BCUT2D eigenvalue weighted by Gasteiger charge is -2.28. The van der Waals surface area contributed by atoms with E-state index in [0.717, 1.165) is 5.56 Å². The van der Waals surface area contributed by atoms with Crippen molar-refractivity contribution in [2.75, 3.05) is 6.54 Å². The molecule has 2 aromatic rings. The Morgan fingerprint density at radius 1 is 1.12 bits per heavy atom. The molecule has 0 aromatic heterocycles. The molecule has 2 aromatic carbocycles. The first-order valence-electron chi connectivity index (χ1n) is 10.1. The van der Waals surface area contributed by atoms with Gasteiger partial charge < -0.3 is 10.2 Å². The number of hydrogen-bond acceptors (Lipinski definition) is 5. The Hall–Kier alpha value is -3.26. The van der Waals surface area contributed by atoms with Crippen LogP contribution in [0.3, 0.4) is 0 Å². The molecule has 1 heterocycles. The minimum absolute atomic E-state index is 0.0372. The van der Waals surface area contributed by atoms with E-state index in [9.17, 15) is 22.6 Å². The zero-order valence-corrected chi connectivity index (χ0v) is 18.1. The molecule has 1 aliphatic heterocycles. The molecule has 2 atom stereocenters. The van der Waals surface area contributed by atoms with Crippen molar-refractivity contribution >= 4 is 22.1 Å². The molecule has 9 nitrogen and oxygen atoms in total. The van der Waals surface area contributed by atoms with Crippen molar-refractivity contribution in [2.45, 2.75) is 37.9 Å². The van der Waals surface area contributed by atoms with Crippen LogP contribution in [0.15, 0.2) is 54.6 Å². The van der Waals surface area contributed by atoms with Gasteiger partial charge in [-0.05, 0) is 42.5 Å². The summed E-state index contributed by atoms with van der Waals surface area (Å²) in [6.45, 7) is 0.548. The number of rotatable bonds is 8. The third-order valence-corrected chi connectivity index (χ3v) is 5.84. The fourth-order valence-electron chi connectivity index (χ4n) is 3.72. The zero-order valence-electron chi connectivity index (χ0n) is 17.3. The van der Waals surface area contributed by atoms with Crippen molar-refractivity contribution < 1.29 is 22.6 Å². The van der Waals surface area contributed by atoms with E-state index in [-0.39, 0.29) is 18.9 Å². The predicted molar refractivity (Wildman–Crippen MR) is 116 cm³/mol. The highest BCUT2D eigenvalue weighted by Crippen LogP contribution is 2.20. The Balaban J connectivity index is 1.69. The number of carbonyl (C=O) groups is 2. The van der Waals surface area contributed by atoms with E-state index >= 15 is 0 Å². The fourth-order valence-corrected chi connectivity index (χ4v) is 4.26. The SMILES string of the molecule is N#Cc1ccc(CNC(=O)[C@@H]2CCCN2C(=O)[C@@H](Cc2ccccc2)NS(=O)(=O)O)cc1. The highest BCUT2D eigenvalue weighted by atomic mass is 32.2. The lowest BCUT2D eigenvalue weighted by atomic mass is 10.0. The van der Waals surface area contributed by atoms with E-state index in [1.165, 1.54) is 4.90 Å². The van der Waals surface area contributed by atoms with Gasteiger partial charge in [-0.2, -0.15) is 18.4 Å². The molecule has 2 amide bonds. The van der Waals surface area contributed by atoms with Crippen LogP contribution < -0.4 is 10.0 Å². The molecule has 1 fully saturated rings. The highest BCUT2D eigenvalue weighted by Gasteiger charge is 2.38. The maximum Gasteiger partial charge on any atom is 0.334 e. The van der Waals surface area contributed by atoms with Crippen LogP contribution in [-0.2, 0) is 32.9 Å². The first kappa shape index (κ1) is 23.4. The molecule has 0 spiro atoms. The van der Waals surface area contributed by atoms with Gasteiger partial charge in [-0.1, -0.05) is 42.5 Å². The zero-order chi connectivity index (χ0) is 23.1. The standard InChI is InChI=1S/C22H24N4O5S/c23-14-17-8-10-18(11-9-17)15-24-21(27)20-7-4-12-26(20)22(28)19(25-32(29,30)31)13-16-5-2-1-3-6-16/h1-3,5-6,8-11,19-20,25H,4,7,12-13,15H2,(H,24,27)(H,29,30,31)/t19-,20+/m1/s1. The van der Waals surface area contributed by atoms with E-state index in [1.54, 1.807) is 54.6 Å². The molecule has 0 unspecified atom stereocenters. The first-order valence-corrected chi connectivity index (χ1v) is 11.6. The minimum Gasteiger partial charge on any atom is -0.350 e. The molecule has 3 rings (SSSR count). The Bertz CT molecular complexity index is 1100. The Labute approximate surface area is 186 Å². The van der Waals surface area contributed by atoms with Crippen LogP contribution in [-0.4, -0.2) is 48.3 Å². The smallest absolute Gasteiger partial charge is 0.334 e. The van der Waals surface area contributed by atoms with Gasteiger partial charge in [-0.3, -0.25) is 14.1 Å². The molecule has 0 saturated carbocycles. The van der Waals surface area contributed by atoms with Crippen molar-refractivity contribution in [3.05, 3.63) is 71.3 Å². The van der Waals surface area contributed by atoms with Gasteiger partial charge in [-0.25, -0.2) is 0 Å². The van der Waals surface area contributed by atoms with Crippen molar-refractivity contribution in [3.63, 3.8) is 0 Å². The maximum atomic E-state index is 13.2. The van der Waals surface area contributed by atoms with Crippen molar-refractivity contribution in [1.82, 2.24) is 14.9 Å². The average molecular weight is 457 g/mol. The van der Waals surface area contributed by atoms with E-state index < -0.39 is 28.3 Å². The van der Waals surface area contributed by atoms with Crippen LogP contribution >= 0.6 is 0 Å². The molecular formula is C22H24N4O5S. The molecule has 168 valence electrons. The van der Waals surface area contributed by atoms with Gasteiger partial charge in [0.05, 0.1) is 11.6 Å². The Kier molecular flexibility index (Phi) is 7.58. The van der Waals surface area contributed by atoms with Gasteiger partial charge in [0.2, 0.25) is 11.8 Å². The van der Waals surface area contributed by atoms with Gasteiger partial charge >= 0.3 is 10.3 Å². The number of likely N-dealkylation sites (tertiary alicyclic amines) is 1. The normalized spacial score (nSPS) is 16.9. The average Bonchev–Trinajstić information content (AvgIpc) is 3.26. The lowest BCUT2D eigenvalue weighted by Crippen LogP contribution is -2.54. The largest absolute Gasteiger partial charge is 0.350 e. The summed E-state index contributed by atoms with van der Waals surface area (Å²) in [7, 11) is -4.63. The van der Waals surface area contributed by atoms with Crippen LogP contribution in [0, 0.1) is 11.3 Å². The van der Waals surface area contributed by atoms with Gasteiger partial charge in [-0.15, -0.1) is 0 Å². The first-order chi connectivity index (χ1) is 15.3. The van der Waals surface area contributed by atoms with Crippen LogP contribution in [0.1, 0.15) is 29.5 Å². The third-order valence-electron chi connectivity index (χ3n) is 5.26. The molecule has 0 bridgehead atoms. The van der Waals surface area contributed by atoms with Crippen molar-refractivity contribution in [2.24, 2.45) is 0 Å². The van der Waals surface area contributed by atoms with Crippen LogP contribution in [0.2, 0.25) is 0 Å². The van der Waals surface area contributed by atoms with Gasteiger partial charge in [0.1, 0.15) is 12.1 Å². The predicted octanol–water partition coefficient (Wildman–Crippen LogP) is 1.17. The third kappa shape index (κ3) is 6.37. The number of nitrogens with zero attached hydrogens (tertiary/aromatic N) is 2. The number of nitriles is 1. The van der Waals surface area contributed by atoms with Gasteiger partial charge in [0.15, 0.2) is 0 Å². The minimum atomic E-state index is -4.63. The summed E-state index contributed by atoms with van der Waals surface area (Å²) >= 11 is 0. The van der Waals surface area contributed by atoms with Crippen LogP contribution in [0.5, 0.6) is 0 Å². The molecule has 0 aliphatic carbocycles. The molecule has 1 aliphatic rings. The summed E-state index contributed by atoms with van der Waals surface area (Å²) in [6, 6.07) is 15.7. The quantitative estimate of drug-likeness (QED) is 0.510. The van der Waals surface area contributed by atoms with Gasteiger partial charge in [0.25, 0.3) is 0 Å². The number of carbonyl (C=O) groups excluding carboxylic acids is 2. The monoisotopic (exact) mass is 456 g/mol. The fraction of sp³-hybridized carbons (Fsp3) is 0.318. The maximum absolute atomic E-state index is 13.2. The molecular weight excluding hydrogens is 432 g/mol. The topological polar surface area (TPSA) is 140 Å². The summed E-state index contributed by atoms with van der Waals surface area (Å²) in [4.78, 5) is 27.3. The van der Waals surface area contributed by atoms with Crippen LogP contribution in [0.4, 0.5) is 0 Å². The lowest BCUT2D eigenvalue weighted by molar-refractivity contribution is -0.139. The molecule has 10 heteroatoms. The second-order valence-electron chi connectivity index (χ2n) is 7.55. The van der Waals surface area contributed by atoms with Gasteiger partial charge in [0, 0.05) is 13.1 Å². The van der Waals surface area contributed by atoms with E-state index in [4.69, 9.17) is 5.26 Å². The molecule has 3 N–H and O–H groups in total. The second kappa shape index (κ2) is 10.4. The van der Waals surface area contributed by atoms with Crippen LogP contribution in [0.25, 0.3) is 0 Å². The highest BCUT2D eigenvalue weighted by molar-refractivity contribution is 7.83. The second-order valence-corrected chi connectivity index (χ2v) is 8.74. The Morgan fingerprint density at radius 3 is 2.44 bits per heavy atom. The van der Waals surface area contributed by atoms with E-state index in [0.29, 0.717) is 30.5 Å². The number of benzene rings is 2. The van der Waals surface area contributed by atoms with E-state index in [1.807, 2.05) is 10.8 Å². The number of amides is 2. The van der Waals surface area contributed by atoms with Crippen molar-refractivity contribution in [1.29, 1.82) is 5.26 Å². The van der Waals surface area contributed by atoms with E-state index in [2.05, 4.69) is 5.32 Å². The molecule has 1 saturated heterocycles. The summed E-state index contributed by atoms with van der Waals surface area (Å²) < 4.78 is 34.2. The van der Waals surface area contributed by atoms with Crippen molar-refractivity contribution in [3.8, 4) is 6.07 Å².